The van der Waals surface area contributed by atoms with Crippen molar-refractivity contribution in [3.05, 3.63) is 57.6 Å². The van der Waals surface area contributed by atoms with Crippen LogP contribution in [-0.2, 0) is 14.8 Å². The zero-order valence-electron chi connectivity index (χ0n) is 16.4. The van der Waals surface area contributed by atoms with Crippen molar-refractivity contribution in [2.45, 2.75) is 25.2 Å². The van der Waals surface area contributed by atoms with Crippen LogP contribution in [-0.4, -0.2) is 32.4 Å². The predicted molar refractivity (Wildman–Crippen MR) is 108 cm³/mol. The summed E-state index contributed by atoms with van der Waals surface area (Å²) in [7, 11) is -4.14. The Morgan fingerprint density at radius 1 is 1.23 bits per heavy atom. The molecule has 0 heterocycles. The van der Waals surface area contributed by atoms with Gasteiger partial charge in [0.25, 0.3) is 5.91 Å². The number of amides is 1. The lowest BCUT2D eigenvalue weighted by atomic mass is 10.1. The molecule has 158 valence electrons. The van der Waals surface area contributed by atoms with Crippen LogP contribution in [0.15, 0.2) is 41.3 Å². The highest BCUT2D eigenvalue weighted by atomic mass is 32.2. The Bertz CT molecular complexity index is 1120. The maximum absolute atomic E-state index is 12.7. The molecule has 0 atom stereocenters. The van der Waals surface area contributed by atoms with Crippen LogP contribution in [0.25, 0.3) is 0 Å². The van der Waals surface area contributed by atoms with Crippen molar-refractivity contribution in [3.8, 4) is 11.8 Å². The van der Waals surface area contributed by atoms with Gasteiger partial charge in [0.15, 0.2) is 12.4 Å². The van der Waals surface area contributed by atoms with Crippen LogP contribution in [0.3, 0.4) is 0 Å². The van der Waals surface area contributed by atoms with Crippen LogP contribution in [0.4, 0.5) is 11.4 Å². The van der Waals surface area contributed by atoms with Gasteiger partial charge >= 0.3 is 5.69 Å². The summed E-state index contributed by atoms with van der Waals surface area (Å²) in [5.74, 6) is -0.792. The minimum absolute atomic E-state index is 0.0852. The average Bonchev–Trinajstić information content (AvgIpc) is 2.68. The highest BCUT2D eigenvalue weighted by molar-refractivity contribution is 7.89. The maximum atomic E-state index is 12.7. The molecule has 0 radical (unpaired) electrons. The van der Waals surface area contributed by atoms with E-state index < -0.39 is 38.0 Å². The maximum Gasteiger partial charge on any atom is 0.312 e. The molecule has 0 saturated carbocycles. The van der Waals surface area contributed by atoms with Gasteiger partial charge in [0.2, 0.25) is 10.0 Å². The monoisotopic (exact) mass is 432 g/mol. The first-order chi connectivity index (χ1) is 14.0. The summed E-state index contributed by atoms with van der Waals surface area (Å²) in [6, 6.07) is 10.2. The van der Waals surface area contributed by atoms with Crippen molar-refractivity contribution in [3.63, 3.8) is 0 Å². The molecule has 0 aliphatic rings. The average molecular weight is 432 g/mol. The molecular formula is C19H20N4O6S. The fourth-order valence-electron chi connectivity index (χ4n) is 2.61. The number of nitrogens with two attached hydrogens (primary N) is 1. The summed E-state index contributed by atoms with van der Waals surface area (Å²) in [5.41, 5.74) is 1.93. The largest absolute Gasteiger partial charge is 0.477 e. The molecule has 0 fully saturated rings. The molecule has 2 rings (SSSR count). The van der Waals surface area contributed by atoms with Crippen LogP contribution in [0.2, 0.25) is 0 Å². The third kappa shape index (κ3) is 5.53. The molecule has 2 aromatic rings. The number of sulfonamides is 1. The summed E-state index contributed by atoms with van der Waals surface area (Å²) in [5, 5.41) is 25.1. The number of nitro benzene ring substituents is 1. The number of nitro groups is 1. The van der Waals surface area contributed by atoms with Crippen LogP contribution >= 0.6 is 0 Å². The van der Waals surface area contributed by atoms with Gasteiger partial charge in [-0.15, -0.1) is 0 Å². The molecule has 2 N–H and O–H groups in total. The first-order valence-corrected chi connectivity index (χ1v) is 10.3. The number of aryl methyl sites for hydroxylation is 2. The van der Waals surface area contributed by atoms with E-state index in [9.17, 15) is 23.3 Å². The number of rotatable bonds is 8. The Balaban J connectivity index is 2.27. The first kappa shape index (κ1) is 22.8. The fourth-order valence-corrected chi connectivity index (χ4v) is 3.14. The summed E-state index contributed by atoms with van der Waals surface area (Å²) in [6.45, 7) is 3.38. The lowest BCUT2D eigenvalue weighted by molar-refractivity contribution is -0.386. The summed E-state index contributed by atoms with van der Waals surface area (Å²) < 4.78 is 28.1. The highest BCUT2D eigenvalue weighted by Crippen LogP contribution is 2.29. The summed E-state index contributed by atoms with van der Waals surface area (Å²) in [4.78, 5) is 24.1. The molecule has 0 spiro atoms. The second kappa shape index (κ2) is 9.34. The van der Waals surface area contributed by atoms with Gasteiger partial charge in [-0.3, -0.25) is 14.9 Å². The van der Waals surface area contributed by atoms with Gasteiger partial charge < -0.3 is 9.64 Å². The quantitative estimate of drug-likeness (QED) is 0.495. The van der Waals surface area contributed by atoms with Crippen molar-refractivity contribution in [2.24, 2.45) is 5.14 Å². The molecule has 0 aromatic heterocycles. The number of ether oxygens (including phenoxy) is 1. The lowest BCUT2D eigenvalue weighted by Gasteiger charge is -2.22. The van der Waals surface area contributed by atoms with Crippen molar-refractivity contribution in [2.75, 3.05) is 18.1 Å². The molecule has 10 nitrogen and oxygen atoms in total. The molecule has 11 heteroatoms. The van der Waals surface area contributed by atoms with E-state index in [-0.39, 0.29) is 18.7 Å². The van der Waals surface area contributed by atoms with E-state index in [1.165, 1.54) is 4.90 Å². The van der Waals surface area contributed by atoms with E-state index in [4.69, 9.17) is 15.1 Å². The van der Waals surface area contributed by atoms with E-state index in [2.05, 4.69) is 0 Å². The Morgan fingerprint density at radius 3 is 2.50 bits per heavy atom. The molecule has 1 amide bonds. The topological polar surface area (TPSA) is 157 Å². The minimum atomic E-state index is -4.14. The van der Waals surface area contributed by atoms with Gasteiger partial charge in [-0.25, -0.2) is 13.6 Å². The normalized spacial score (nSPS) is 10.9. The number of carbonyl (C=O) groups excluding carboxylic acids is 1. The fraction of sp³-hybridized carbons (Fsp3) is 0.263. The van der Waals surface area contributed by atoms with Crippen molar-refractivity contribution >= 4 is 27.3 Å². The Labute approximate surface area is 173 Å². The van der Waals surface area contributed by atoms with Gasteiger partial charge in [0.1, 0.15) is 0 Å². The number of hydrogen-bond donors (Lipinski definition) is 1. The zero-order chi connectivity index (χ0) is 22.5. The lowest BCUT2D eigenvalue weighted by Crippen LogP contribution is -2.35. The number of nitrogens with zero attached hydrogens (tertiary/aromatic N) is 3. The molecule has 0 unspecified atom stereocenters. The summed E-state index contributed by atoms with van der Waals surface area (Å²) in [6.07, 6.45) is 0.0852. The standard InChI is InChI=1S/C19H20N4O6S/c1-13-4-5-15(10-14(13)2)22(9-3-8-20)19(24)12-29-18-7-6-16(30(21,27)28)11-17(18)23(25)26/h4-7,10-11H,3,9,12H2,1-2H3,(H2,21,27,28). The van der Waals surface area contributed by atoms with Crippen LogP contribution < -0.4 is 14.8 Å². The number of primary sulfonamides is 1. The van der Waals surface area contributed by atoms with E-state index in [0.29, 0.717) is 5.69 Å². The zero-order valence-corrected chi connectivity index (χ0v) is 17.2. The van der Waals surface area contributed by atoms with Crippen molar-refractivity contribution in [1.29, 1.82) is 5.26 Å². The number of carbonyl (C=O) groups is 1. The van der Waals surface area contributed by atoms with Gasteiger partial charge in [-0.05, 0) is 49.2 Å². The molecular weight excluding hydrogens is 412 g/mol. The summed E-state index contributed by atoms with van der Waals surface area (Å²) >= 11 is 0. The number of anilines is 1. The van der Waals surface area contributed by atoms with Crippen molar-refractivity contribution < 1.29 is 22.9 Å². The predicted octanol–water partition coefficient (Wildman–Crippen LogP) is 2.18. The molecule has 30 heavy (non-hydrogen) atoms. The van der Waals surface area contributed by atoms with E-state index in [0.717, 1.165) is 29.3 Å². The third-order valence-electron chi connectivity index (χ3n) is 4.36. The van der Waals surface area contributed by atoms with E-state index >= 15 is 0 Å². The van der Waals surface area contributed by atoms with Crippen molar-refractivity contribution in [1.82, 2.24) is 0 Å². The third-order valence-corrected chi connectivity index (χ3v) is 5.27. The minimum Gasteiger partial charge on any atom is -0.477 e. The molecule has 0 aliphatic heterocycles. The Morgan fingerprint density at radius 2 is 1.93 bits per heavy atom. The first-order valence-electron chi connectivity index (χ1n) is 8.73. The molecule has 2 aromatic carbocycles. The van der Waals surface area contributed by atoms with Gasteiger partial charge in [0.05, 0.1) is 22.3 Å². The van der Waals surface area contributed by atoms with Crippen LogP contribution in [0, 0.1) is 35.3 Å². The van der Waals surface area contributed by atoms with Gasteiger partial charge in [-0.2, -0.15) is 5.26 Å². The number of nitriles is 1. The van der Waals surface area contributed by atoms with Crippen LogP contribution in [0.1, 0.15) is 17.5 Å². The molecule has 0 saturated heterocycles. The van der Waals surface area contributed by atoms with Gasteiger partial charge in [0, 0.05) is 18.3 Å². The van der Waals surface area contributed by atoms with Crippen LogP contribution in [0.5, 0.6) is 5.75 Å². The Kier molecular flexibility index (Phi) is 7.10. The Hall–Kier alpha value is -3.49. The molecule has 0 bridgehead atoms. The number of hydrogen-bond acceptors (Lipinski definition) is 7. The SMILES string of the molecule is Cc1ccc(N(CCC#N)C(=O)COc2ccc(S(N)(=O)=O)cc2[N+](=O)[O-])cc1C. The number of benzene rings is 2. The second-order valence-electron chi connectivity index (χ2n) is 6.44. The molecule has 0 aliphatic carbocycles. The van der Waals surface area contributed by atoms with Gasteiger partial charge in [-0.1, -0.05) is 6.07 Å². The highest BCUT2D eigenvalue weighted by Gasteiger charge is 2.22. The second-order valence-corrected chi connectivity index (χ2v) is 8.00. The van der Waals surface area contributed by atoms with E-state index in [1.807, 2.05) is 26.0 Å². The van der Waals surface area contributed by atoms with E-state index in [1.54, 1.807) is 12.1 Å². The smallest absolute Gasteiger partial charge is 0.312 e.